The van der Waals surface area contributed by atoms with Crippen LogP contribution in [0.2, 0.25) is 0 Å². The Labute approximate surface area is 167 Å². The molecule has 0 saturated heterocycles. The van der Waals surface area contributed by atoms with E-state index in [2.05, 4.69) is 5.32 Å². The highest BCUT2D eigenvalue weighted by Crippen LogP contribution is 2.26. The molecule has 0 heterocycles. The highest BCUT2D eigenvalue weighted by Gasteiger charge is 2.22. The third kappa shape index (κ3) is 4.27. The van der Waals surface area contributed by atoms with Crippen LogP contribution in [0.25, 0.3) is 0 Å². The van der Waals surface area contributed by atoms with Gasteiger partial charge in [-0.15, -0.1) is 0 Å². The molecule has 0 atom stereocenters. The first kappa shape index (κ1) is 20.5. The van der Waals surface area contributed by atoms with Crippen molar-refractivity contribution in [3.8, 4) is 0 Å². The average Bonchev–Trinajstić information content (AvgIpc) is 2.70. The summed E-state index contributed by atoms with van der Waals surface area (Å²) < 4.78 is 53.4. The number of sulfonamides is 1. The number of benzene rings is 3. The molecule has 3 aromatic carbocycles. The topological polar surface area (TPSA) is 66.5 Å². The number of anilines is 2. The van der Waals surface area contributed by atoms with E-state index in [1.54, 1.807) is 25.1 Å². The molecule has 3 aromatic rings. The maximum Gasteiger partial charge on any atom is 0.264 e. The van der Waals surface area contributed by atoms with E-state index >= 15 is 0 Å². The number of nitrogens with one attached hydrogen (secondary N) is 1. The van der Waals surface area contributed by atoms with Gasteiger partial charge in [0.25, 0.3) is 15.9 Å². The summed E-state index contributed by atoms with van der Waals surface area (Å²) in [6, 6.07) is 15.3. The standard InChI is InChI=1S/C21H18F2N2O3S/c1-14-12-15(21(26)24-19-10-9-16(22)13-18(19)23)8-11-20(14)25(2)29(27,28)17-6-4-3-5-7-17/h3-13H,1-2H3,(H,24,26). The monoisotopic (exact) mass is 416 g/mol. The van der Waals surface area contributed by atoms with E-state index in [0.717, 1.165) is 16.4 Å². The second-order valence-corrected chi connectivity index (χ2v) is 8.33. The number of hydrogen-bond acceptors (Lipinski definition) is 3. The Morgan fingerprint density at radius 1 is 0.966 bits per heavy atom. The van der Waals surface area contributed by atoms with Gasteiger partial charge in [0.15, 0.2) is 0 Å². The Balaban J connectivity index is 1.85. The molecule has 0 aliphatic heterocycles. The first-order chi connectivity index (χ1) is 13.7. The van der Waals surface area contributed by atoms with Crippen LogP contribution in [-0.4, -0.2) is 21.4 Å². The molecule has 0 aliphatic carbocycles. The number of halogens is 2. The van der Waals surface area contributed by atoms with Crippen molar-refractivity contribution in [3.05, 3.63) is 89.5 Å². The predicted molar refractivity (Wildman–Crippen MR) is 108 cm³/mol. The van der Waals surface area contributed by atoms with E-state index < -0.39 is 27.6 Å². The highest BCUT2D eigenvalue weighted by atomic mass is 32.2. The molecule has 0 unspecified atom stereocenters. The van der Waals surface area contributed by atoms with E-state index in [4.69, 9.17) is 0 Å². The third-order valence-electron chi connectivity index (χ3n) is 4.38. The average molecular weight is 416 g/mol. The van der Waals surface area contributed by atoms with Gasteiger partial charge in [0.1, 0.15) is 11.6 Å². The van der Waals surface area contributed by atoms with E-state index in [1.165, 1.54) is 37.4 Å². The van der Waals surface area contributed by atoms with Crippen LogP contribution in [0.15, 0.2) is 71.6 Å². The van der Waals surface area contributed by atoms with Crippen molar-refractivity contribution in [1.29, 1.82) is 0 Å². The summed E-state index contributed by atoms with van der Waals surface area (Å²) in [5, 5.41) is 2.37. The molecule has 0 fully saturated rings. The SMILES string of the molecule is Cc1cc(C(=O)Nc2ccc(F)cc2F)ccc1N(C)S(=O)(=O)c1ccccc1. The third-order valence-corrected chi connectivity index (χ3v) is 6.16. The molecule has 8 heteroatoms. The van der Waals surface area contributed by atoms with Gasteiger partial charge in [-0.25, -0.2) is 17.2 Å². The first-order valence-electron chi connectivity index (χ1n) is 8.61. The minimum atomic E-state index is -3.76. The molecule has 0 radical (unpaired) electrons. The van der Waals surface area contributed by atoms with Crippen LogP contribution in [0.3, 0.4) is 0 Å². The fourth-order valence-corrected chi connectivity index (χ4v) is 4.10. The van der Waals surface area contributed by atoms with Crippen LogP contribution in [0.1, 0.15) is 15.9 Å². The molecule has 150 valence electrons. The lowest BCUT2D eigenvalue weighted by Gasteiger charge is -2.22. The largest absolute Gasteiger partial charge is 0.319 e. The van der Waals surface area contributed by atoms with Gasteiger partial charge in [-0.1, -0.05) is 18.2 Å². The van der Waals surface area contributed by atoms with Crippen molar-refractivity contribution in [1.82, 2.24) is 0 Å². The van der Waals surface area contributed by atoms with Crippen LogP contribution in [0.5, 0.6) is 0 Å². The molecule has 0 aromatic heterocycles. The van der Waals surface area contributed by atoms with Crippen molar-refractivity contribution >= 4 is 27.3 Å². The van der Waals surface area contributed by atoms with Crippen LogP contribution in [-0.2, 0) is 10.0 Å². The Kier molecular flexibility index (Phi) is 5.65. The van der Waals surface area contributed by atoms with Crippen molar-refractivity contribution in [2.45, 2.75) is 11.8 Å². The second kappa shape index (κ2) is 8.00. The van der Waals surface area contributed by atoms with Gasteiger partial charge < -0.3 is 5.32 Å². The molecule has 29 heavy (non-hydrogen) atoms. The molecular formula is C21H18F2N2O3S. The summed E-state index contributed by atoms with van der Waals surface area (Å²) in [7, 11) is -2.33. The maximum atomic E-state index is 13.7. The molecule has 0 aliphatic rings. The number of nitrogens with zero attached hydrogens (tertiary/aromatic N) is 1. The zero-order valence-corrected chi connectivity index (χ0v) is 16.5. The van der Waals surface area contributed by atoms with Gasteiger partial charge in [0.05, 0.1) is 16.3 Å². The normalized spacial score (nSPS) is 11.2. The minimum absolute atomic E-state index is 0.149. The minimum Gasteiger partial charge on any atom is -0.319 e. The number of aryl methyl sites for hydroxylation is 1. The predicted octanol–water partition coefficient (Wildman–Crippen LogP) is 4.35. The van der Waals surface area contributed by atoms with Crippen LogP contribution >= 0.6 is 0 Å². The molecule has 1 amide bonds. The maximum absolute atomic E-state index is 13.7. The molecule has 5 nitrogen and oxygen atoms in total. The van der Waals surface area contributed by atoms with Gasteiger partial charge in [-0.2, -0.15) is 0 Å². The van der Waals surface area contributed by atoms with E-state index in [-0.39, 0.29) is 16.1 Å². The van der Waals surface area contributed by atoms with E-state index in [9.17, 15) is 22.0 Å². The smallest absolute Gasteiger partial charge is 0.264 e. The van der Waals surface area contributed by atoms with Crippen molar-refractivity contribution in [3.63, 3.8) is 0 Å². The molecule has 0 bridgehead atoms. The number of carbonyl (C=O) groups is 1. The van der Waals surface area contributed by atoms with Crippen LogP contribution in [0.4, 0.5) is 20.2 Å². The summed E-state index contributed by atoms with van der Waals surface area (Å²) in [5.74, 6) is -2.23. The Bertz CT molecular complexity index is 1170. The zero-order valence-electron chi connectivity index (χ0n) is 15.7. The summed E-state index contributed by atoms with van der Waals surface area (Å²) >= 11 is 0. The van der Waals surface area contributed by atoms with Crippen LogP contribution < -0.4 is 9.62 Å². The molecular weight excluding hydrogens is 398 g/mol. The van der Waals surface area contributed by atoms with Crippen LogP contribution in [0, 0.1) is 18.6 Å². The zero-order chi connectivity index (χ0) is 21.2. The van der Waals surface area contributed by atoms with Gasteiger partial charge in [0.2, 0.25) is 0 Å². The quantitative estimate of drug-likeness (QED) is 0.672. The number of amides is 1. The summed E-state index contributed by atoms with van der Waals surface area (Å²) in [6.07, 6.45) is 0. The lowest BCUT2D eigenvalue weighted by Crippen LogP contribution is -2.27. The van der Waals surface area contributed by atoms with E-state index in [0.29, 0.717) is 17.3 Å². The number of rotatable bonds is 5. The van der Waals surface area contributed by atoms with Gasteiger partial charge >= 0.3 is 0 Å². The first-order valence-corrected chi connectivity index (χ1v) is 10.0. The highest BCUT2D eigenvalue weighted by molar-refractivity contribution is 7.92. The second-order valence-electron chi connectivity index (χ2n) is 6.37. The molecule has 1 N–H and O–H groups in total. The molecule has 3 rings (SSSR count). The fourth-order valence-electron chi connectivity index (χ4n) is 2.82. The van der Waals surface area contributed by atoms with Gasteiger partial charge in [0, 0.05) is 18.7 Å². The lowest BCUT2D eigenvalue weighted by atomic mass is 10.1. The summed E-state index contributed by atoms with van der Waals surface area (Å²) in [5.41, 5.74) is 1.000. The number of carbonyl (C=O) groups excluding carboxylic acids is 1. The Morgan fingerprint density at radius 3 is 2.28 bits per heavy atom. The molecule has 0 spiro atoms. The Morgan fingerprint density at radius 2 is 1.66 bits per heavy atom. The van der Waals surface area contributed by atoms with Gasteiger partial charge in [-0.3, -0.25) is 9.10 Å². The van der Waals surface area contributed by atoms with Crippen molar-refractivity contribution in [2.24, 2.45) is 0 Å². The van der Waals surface area contributed by atoms with E-state index in [1.807, 2.05) is 0 Å². The summed E-state index contributed by atoms with van der Waals surface area (Å²) in [6.45, 7) is 1.67. The fraction of sp³-hybridized carbons (Fsp3) is 0.0952. The number of hydrogen-bond donors (Lipinski definition) is 1. The lowest BCUT2D eigenvalue weighted by molar-refractivity contribution is 0.102. The van der Waals surface area contributed by atoms with Crippen molar-refractivity contribution < 1.29 is 22.0 Å². The Hall–Kier alpha value is -3.26. The van der Waals surface area contributed by atoms with Gasteiger partial charge in [-0.05, 0) is 55.0 Å². The molecule has 0 saturated carbocycles. The summed E-state index contributed by atoms with van der Waals surface area (Å²) in [4.78, 5) is 12.5. The van der Waals surface area contributed by atoms with Crippen molar-refractivity contribution in [2.75, 3.05) is 16.7 Å².